The van der Waals surface area contributed by atoms with Crippen molar-refractivity contribution in [1.29, 1.82) is 0 Å². The maximum absolute atomic E-state index is 12.0. The van der Waals surface area contributed by atoms with Crippen LogP contribution < -0.4 is 5.32 Å². The van der Waals surface area contributed by atoms with E-state index in [1.54, 1.807) is 20.9 Å². The molecule has 1 rings (SSSR count). The van der Waals surface area contributed by atoms with Gasteiger partial charge in [-0.2, -0.15) is 0 Å². The number of hydrogen-bond acceptors (Lipinski definition) is 3. The summed E-state index contributed by atoms with van der Waals surface area (Å²) in [5.74, 6) is 0.774. The van der Waals surface area contributed by atoms with Crippen LogP contribution in [0.1, 0.15) is 20.3 Å². The van der Waals surface area contributed by atoms with Gasteiger partial charge in [-0.15, -0.1) is 0 Å². The number of nitrogens with zero attached hydrogens (tertiary/aromatic N) is 2. The first-order chi connectivity index (χ1) is 8.34. The zero-order chi connectivity index (χ0) is 13.8. The molecule has 0 aromatic carbocycles. The summed E-state index contributed by atoms with van der Waals surface area (Å²) in [6, 6.07) is 0. The van der Waals surface area contributed by atoms with Gasteiger partial charge in [0.05, 0.1) is 17.2 Å². The molecular weight excluding hydrogens is 257 g/mol. The van der Waals surface area contributed by atoms with Crippen LogP contribution >= 0.6 is 0 Å². The van der Waals surface area contributed by atoms with Gasteiger partial charge in [0.2, 0.25) is 0 Å². The molecule has 18 heavy (non-hydrogen) atoms. The summed E-state index contributed by atoms with van der Waals surface area (Å²) < 4.78 is 35.0. The summed E-state index contributed by atoms with van der Waals surface area (Å²) in [5, 5.41) is 3.05. The SMILES string of the molecule is CN=C(NCCCF)N1CCS(=O)(=O)C(C)(C)C1. The number of rotatable bonds is 3. The van der Waals surface area contributed by atoms with Crippen LogP contribution in [0.2, 0.25) is 0 Å². The summed E-state index contributed by atoms with van der Waals surface area (Å²) in [6.07, 6.45) is 0.425. The molecule has 0 unspecified atom stereocenters. The highest BCUT2D eigenvalue weighted by Gasteiger charge is 2.40. The fourth-order valence-corrected chi connectivity index (χ4v) is 3.29. The van der Waals surface area contributed by atoms with Gasteiger partial charge in [-0.1, -0.05) is 0 Å². The second kappa shape index (κ2) is 5.86. The first-order valence-corrected chi connectivity index (χ1v) is 7.73. The van der Waals surface area contributed by atoms with Crippen molar-refractivity contribution in [2.24, 2.45) is 4.99 Å². The Bertz CT molecular complexity index is 407. The number of sulfone groups is 1. The van der Waals surface area contributed by atoms with E-state index in [9.17, 15) is 12.8 Å². The first kappa shape index (κ1) is 15.2. The minimum absolute atomic E-state index is 0.129. The fourth-order valence-electron chi connectivity index (χ4n) is 1.92. The van der Waals surface area contributed by atoms with Gasteiger partial charge in [0.1, 0.15) is 0 Å². The smallest absolute Gasteiger partial charge is 0.193 e. The second-order valence-electron chi connectivity index (χ2n) is 5.02. The van der Waals surface area contributed by atoms with Crippen molar-refractivity contribution in [2.45, 2.75) is 25.0 Å². The van der Waals surface area contributed by atoms with E-state index in [0.717, 1.165) is 0 Å². The number of nitrogens with one attached hydrogen (secondary N) is 1. The average Bonchev–Trinajstić information content (AvgIpc) is 2.29. The molecule has 5 nitrogen and oxygen atoms in total. The summed E-state index contributed by atoms with van der Waals surface area (Å²) in [7, 11) is -1.40. The second-order valence-corrected chi connectivity index (χ2v) is 7.76. The standard InChI is InChI=1S/C11H22FN3O2S/c1-11(2)9-15(7-8-18(11,16)17)10(13-3)14-6-4-5-12/h4-9H2,1-3H3,(H,13,14). The van der Waals surface area contributed by atoms with Gasteiger partial charge in [0.25, 0.3) is 0 Å². The Balaban J connectivity index is 2.68. The van der Waals surface area contributed by atoms with Crippen LogP contribution in [0.5, 0.6) is 0 Å². The molecule has 1 saturated heterocycles. The molecule has 0 amide bonds. The molecule has 1 heterocycles. The monoisotopic (exact) mass is 279 g/mol. The van der Waals surface area contributed by atoms with E-state index >= 15 is 0 Å². The molecule has 0 spiro atoms. The lowest BCUT2D eigenvalue weighted by Gasteiger charge is -2.39. The summed E-state index contributed by atoms with van der Waals surface area (Å²) in [4.78, 5) is 6.03. The number of guanidine groups is 1. The summed E-state index contributed by atoms with van der Waals surface area (Å²) in [5.41, 5.74) is 0. The van der Waals surface area contributed by atoms with E-state index in [1.165, 1.54) is 0 Å². The topological polar surface area (TPSA) is 61.8 Å². The van der Waals surface area contributed by atoms with Crippen molar-refractivity contribution in [1.82, 2.24) is 10.2 Å². The van der Waals surface area contributed by atoms with Crippen molar-refractivity contribution in [3.8, 4) is 0 Å². The van der Waals surface area contributed by atoms with Crippen molar-refractivity contribution >= 4 is 15.8 Å². The number of halogens is 1. The fraction of sp³-hybridized carbons (Fsp3) is 0.909. The number of hydrogen-bond donors (Lipinski definition) is 1. The molecule has 106 valence electrons. The van der Waals surface area contributed by atoms with Crippen LogP contribution in [0.4, 0.5) is 4.39 Å². The normalized spacial score (nSPS) is 22.9. The average molecular weight is 279 g/mol. The van der Waals surface area contributed by atoms with E-state index in [-0.39, 0.29) is 12.4 Å². The van der Waals surface area contributed by atoms with E-state index in [1.807, 2.05) is 4.90 Å². The Morgan fingerprint density at radius 3 is 2.67 bits per heavy atom. The molecule has 0 aromatic rings. The number of alkyl halides is 1. The highest BCUT2D eigenvalue weighted by Crippen LogP contribution is 2.23. The quantitative estimate of drug-likeness (QED) is 0.462. The Hall–Kier alpha value is -0.850. The third-order valence-corrected chi connectivity index (χ3v) is 5.68. The summed E-state index contributed by atoms with van der Waals surface area (Å²) in [6.45, 7) is 4.43. The van der Waals surface area contributed by atoms with E-state index < -0.39 is 14.6 Å². The maximum Gasteiger partial charge on any atom is 0.193 e. The molecule has 7 heteroatoms. The molecule has 0 bridgehead atoms. The summed E-state index contributed by atoms with van der Waals surface area (Å²) >= 11 is 0. The van der Waals surface area contributed by atoms with Gasteiger partial charge in [-0.25, -0.2) is 8.42 Å². The molecule has 1 N–H and O–H groups in total. The predicted octanol–water partition coefficient (Wildman–Crippen LogP) is 0.430. The Kier molecular flexibility index (Phi) is 4.95. The maximum atomic E-state index is 12.0. The van der Waals surface area contributed by atoms with Crippen LogP contribution in [-0.2, 0) is 9.84 Å². The van der Waals surface area contributed by atoms with Crippen molar-refractivity contribution in [2.75, 3.05) is 39.1 Å². The highest BCUT2D eigenvalue weighted by molar-refractivity contribution is 7.92. The third kappa shape index (κ3) is 3.34. The lowest BCUT2D eigenvalue weighted by atomic mass is 10.2. The van der Waals surface area contributed by atoms with Crippen LogP contribution in [0, 0.1) is 0 Å². The third-order valence-electron chi connectivity index (χ3n) is 3.15. The number of aliphatic imine (C=N–C) groups is 1. The molecule has 0 atom stereocenters. The molecule has 0 radical (unpaired) electrons. The molecule has 0 saturated carbocycles. The van der Waals surface area contributed by atoms with E-state index in [2.05, 4.69) is 10.3 Å². The van der Waals surface area contributed by atoms with Crippen molar-refractivity contribution < 1.29 is 12.8 Å². The lowest BCUT2D eigenvalue weighted by molar-refractivity contribution is 0.352. The van der Waals surface area contributed by atoms with Crippen LogP contribution in [-0.4, -0.2) is 63.1 Å². The van der Waals surface area contributed by atoms with Crippen molar-refractivity contribution in [3.05, 3.63) is 0 Å². The van der Waals surface area contributed by atoms with Crippen molar-refractivity contribution in [3.63, 3.8) is 0 Å². The largest absolute Gasteiger partial charge is 0.356 e. The molecule has 1 aliphatic rings. The minimum atomic E-state index is -3.05. The van der Waals surface area contributed by atoms with E-state index in [0.29, 0.717) is 32.0 Å². The van der Waals surface area contributed by atoms with Gasteiger partial charge < -0.3 is 10.2 Å². The first-order valence-electron chi connectivity index (χ1n) is 6.08. The molecule has 0 aliphatic carbocycles. The Morgan fingerprint density at radius 2 is 2.17 bits per heavy atom. The minimum Gasteiger partial charge on any atom is -0.356 e. The molecule has 1 aliphatic heterocycles. The molecule has 1 fully saturated rings. The van der Waals surface area contributed by atoms with Crippen LogP contribution in [0.15, 0.2) is 4.99 Å². The zero-order valence-electron chi connectivity index (χ0n) is 11.2. The van der Waals surface area contributed by atoms with Gasteiger partial charge in [0.15, 0.2) is 15.8 Å². The Labute approximate surface area is 108 Å². The zero-order valence-corrected chi connectivity index (χ0v) is 12.1. The lowest BCUT2D eigenvalue weighted by Crippen LogP contribution is -2.57. The molecular formula is C11H22FN3O2S. The van der Waals surface area contributed by atoms with Gasteiger partial charge in [-0.05, 0) is 20.3 Å². The highest BCUT2D eigenvalue weighted by atomic mass is 32.2. The van der Waals surface area contributed by atoms with Crippen LogP contribution in [0.25, 0.3) is 0 Å². The van der Waals surface area contributed by atoms with E-state index in [4.69, 9.17) is 0 Å². The van der Waals surface area contributed by atoms with Gasteiger partial charge in [-0.3, -0.25) is 9.38 Å². The Morgan fingerprint density at radius 1 is 1.50 bits per heavy atom. The van der Waals surface area contributed by atoms with Gasteiger partial charge in [0, 0.05) is 26.7 Å². The molecule has 0 aromatic heterocycles. The predicted molar refractivity (Wildman–Crippen MR) is 71.4 cm³/mol. The van der Waals surface area contributed by atoms with Gasteiger partial charge >= 0.3 is 0 Å². The van der Waals surface area contributed by atoms with Crippen LogP contribution in [0.3, 0.4) is 0 Å².